The van der Waals surface area contributed by atoms with Crippen molar-refractivity contribution < 1.29 is 9.21 Å². The molecule has 1 saturated heterocycles. The van der Waals surface area contributed by atoms with Crippen LogP contribution in [0.15, 0.2) is 74.5 Å². The Kier molecular flexibility index (Phi) is 5.23. The molecule has 0 spiro atoms. The monoisotopic (exact) mass is 475 g/mol. The lowest BCUT2D eigenvalue weighted by Crippen LogP contribution is -2.27. The fraction of sp³-hybridized carbons (Fsp3) is 0. The van der Waals surface area contributed by atoms with E-state index in [1.807, 2.05) is 48.5 Å². The van der Waals surface area contributed by atoms with Crippen LogP contribution in [0.1, 0.15) is 5.76 Å². The van der Waals surface area contributed by atoms with Crippen molar-refractivity contribution in [2.45, 2.75) is 0 Å². The Hall–Kier alpha value is -1.86. The summed E-state index contributed by atoms with van der Waals surface area (Å²) in [5, 5.41) is 0.477. The summed E-state index contributed by atoms with van der Waals surface area (Å²) >= 11 is 16.2. The molecule has 0 saturated carbocycles. The summed E-state index contributed by atoms with van der Waals surface area (Å²) in [5.41, 5.74) is 1.54. The first-order valence-corrected chi connectivity index (χ1v) is 10.3. The van der Waals surface area contributed by atoms with Gasteiger partial charge in [-0.15, -0.1) is 0 Å². The second kappa shape index (κ2) is 7.64. The van der Waals surface area contributed by atoms with Gasteiger partial charge in [0.2, 0.25) is 0 Å². The van der Waals surface area contributed by atoms with Gasteiger partial charge in [0, 0.05) is 16.1 Å². The Morgan fingerprint density at radius 2 is 1.81 bits per heavy atom. The standard InChI is InChI=1S/C20H11BrClNO2S2/c21-13-7-5-12(6-8-13)17-10-9-14(25-17)11-18-19(24)23(20(26)27-18)16-4-2-1-3-15(16)22/h1-11H/b18-11+. The molecule has 0 N–H and O–H groups in total. The second-order valence-corrected chi connectivity index (χ2v) is 8.68. The van der Waals surface area contributed by atoms with Crippen LogP contribution in [-0.2, 0) is 4.79 Å². The van der Waals surface area contributed by atoms with Crippen LogP contribution in [0, 0.1) is 0 Å². The summed E-state index contributed by atoms with van der Waals surface area (Å²) in [5.74, 6) is 1.11. The zero-order chi connectivity index (χ0) is 19.0. The topological polar surface area (TPSA) is 33.5 Å². The molecule has 1 aromatic heterocycles. The van der Waals surface area contributed by atoms with E-state index in [2.05, 4.69) is 15.9 Å². The van der Waals surface area contributed by atoms with Crippen molar-refractivity contribution in [3.8, 4) is 11.3 Å². The van der Waals surface area contributed by atoms with E-state index in [0.29, 0.717) is 25.7 Å². The first kappa shape index (κ1) is 18.5. The second-order valence-electron chi connectivity index (χ2n) is 5.68. The van der Waals surface area contributed by atoms with Crippen molar-refractivity contribution in [3.05, 3.63) is 80.8 Å². The summed E-state index contributed by atoms with van der Waals surface area (Å²) in [4.78, 5) is 14.8. The van der Waals surface area contributed by atoms with Gasteiger partial charge in [-0.05, 0) is 36.4 Å². The number of amides is 1. The molecule has 1 amide bonds. The predicted molar refractivity (Wildman–Crippen MR) is 119 cm³/mol. The molecule has 0 radical (unpaired) electrons. The number of furan rings is 1. The Bertz CT molecular complexity index is 1080. The number of hydrogen-bond donors (Lipinski definition) is 0. The number of benzene rings is 2. The third-order valence-corrected chi connectivity index (χ3v) is 6.07. The number of thioether (sulfide) groups is 1. The molecule has 1 aliphatic heterocycles. The SMILES string of the molecule is O=C1/C(=C\c2ccc(-c3ccc(Br)cc3)o2)SC(=S)N1c1ccccc1Cl. The van der Waals surface area contributed by atoms with E-state index in [-0.39, 0.29) is 5.91 Å². The van der Waals surface area contributed by atoms with Crippen LogP contribution >= 0.6 is 51.5 Å². The summed E-state index contributed by atoms with van der Waals surface area (Å²) in [7, 11) is 0. The number of rotatable bonds is 3. The summed E-state index contributed by atoms with van der Waals surface area (Å²) in [6.07, 6.45) is 1.71. The van der Waals surface area contributed by atoms with E-state index < -0.39 is 0 Å². The average Bonchev–Trinajstić information content (AvgIpc) is 3.22. The first-order chi connectivity index (χ1) is 13.0. The quantitative estimate of drug-likeness (QED) is 0.308. The molecule has 1 aliphatic rings. The molecule has 1 fully saturated rings. The molecule has 7 heteroatoms. The van der Waals surface area contributed by atoms with Crippen LogP contribution < -0.4 is 4.90 Å². The highest BCUT2D eigenvalue weighted by Gasteiger charge is 2.34. The number of halogens is 2. The average molecular weight is 477 g/mol. The van der Waals surface area contributed by atoms with Gasteiger partial charge in [0.15, 0.2) is 4.32 Å². The highest BCUT2D eigenvalue weighted by Crippen LogP contribution is 2.39. The van der Waals surface area contributed by atoms with E-state index in [9.17, 15) is 4.79 Å². The number of thiocarbonyl (C=S) groups is 1. The fourth-order valence-corrected chi connectivity index (χ4v) is 4.39. The molecule has 3 nitrogen and oxygen atoms in total. The van der Waals surface area contributed by atoms with Gasteiger partial charge in [0.25, 0.3) is 5.91 Å². The van der Waals surface area contributed by atoms with Gasteiger partial charge in [-0.2, -0.15) is 0 Å². The van der Waals surface area contributed by atoms with Crippen LogP contribution in [0.5, 0.6) is 0 Å². The van der Waals surface area contributed by atoms with E-state index in [0.717, 1.165) is 15.8 Å². The lowest BCUT2D eigenvalue weighted by molar-refractivity contribution is -0.113. The summed E-state index contributed by atoms with van der Waals surface area (Å²) < 4.78 is 7.32. The Morgan fingerprint density at radius 3 is 2.56 bits per heavy atom. The van der Waals surface area contributed by atoms with Gasteiger partial charge in [0.1, 0.15) is 11.5 Å². The zero-order valence-electron chi connectivity index (χ0n) is 13.7. The van der Waals surface area contributed by atoms with Gasteiger partial charge in [-0.1, -0.05) is 75.8 Å². The van der Waals surface area contributed by atoms with Gasteiger partial charge < -0.3 is 4.42 Å². The number of carbonyl (C=O) groups is 1. The minimum absolute atomic E-state index is 0.209. The molecule has 2 aromatic carbocycles. The van der Waals surface area contributed by atoms with E-state index in [1.54, 1.807) is 18.2 Å². The van der Waals surface area contributed by atoms with Crippen molar-refractivity contribution in [3.63, 3.8) is 0 Å². The predicted octanol–water partition coefficient (Wildman–Crippen LogP) is 6.77. The molecule has 27 heavy (non-hydrogen) atoms. The first-order valence-electron chi connectivity index (χ1n) is 7.91. The zero-order valence-corrected chi connectivity index (χ0v) is 17.7. The van der Waals surface area contributed by atoms with Gasteiger partial charge in [0.05, 0.1) is 15.6 Å². The molecule has 134 valence electrons. The van der Waals surface area contributed by atoms with Crippen LogP contribution in [0.3, 0.4) is 0 Å². The van der Waals surface area contributed by atoms with Crippen LogP contribution in [0.4, 0.5) is 5.69 Å². The molecule has 4 rings (SSSR count). The number of carbonyl (C=O) groups excluding carboxylic acids is 1. The highest BCUT2D eigenvalue weighted by molar-refractivity contribution is 9.10. The summed E-state index contributed by atoms with van der Waals surface area (Å²) in [6.45, 7) is 0. The van der Waals surface area contributed by atoms with E-state index in [1.165, 1.54) is 16.7 Å². The smallest absolute Gasteiger partial charge is 0.270 e. The maximum atomic E-state index is 12.8. The van der Waals surface area contributed by atoms with Crippen LogP contribution in [-0.4, -0.2) is 10.2 Å². The minimum atomic E-state index is -0.209. The lowest BCUT2D eigenvalue weighted by Gasteiger charge is -2.15. The third kappa shape index (κ3) is 3.75. The van der Waals surface area contributed by atoms with Crippen molar-refractivity contribution in [1.82, 2.24) is 0 Å². The van der Waals surface area contributed by atoms with Crippen molar-refractivity contribution >= 4 is 73.5 Å². The number of para-hydroxylation sites is 1. The molecular formula is C20H11BrClNO2S2. The number of nitrogens with zero attached hydrogens (tertiary/aromatic N) is 1. The van der Waals surface area contributed by atoms with Crippen LogP contribution in [0.25, 0.3) is 17.4 Å². The largest absolute Gasteiger partial charge is 0.457 e. The van der Waals surface area contributed by atoms with Gasteiger partial charge in [-0.3, -0.25) is 9.69 Å². The minimum Gasteiger partial charge on any atom is -0.457 e. The number of hydrogen-bond acceptors (Lipinski definition) is 4. The molecule has 0 atom stereocenters. The Balaban J connectivity index is 1.62. The van der Waals surface area contributed by atoms with Crippen molar-refractivity contribution in [2.75, 3.05) is 4.90 Å². The lowest BCUT2D eigenvalue weighted by atomic mass is 10.2. The van der Waals surface area contributed by atoms with Crippen molar-refractivity contribution in [1.29, 1.82) is 0 Å². The Labute approximate surface area is 179 Å². The highest BCUT2D eigenvalue weighted by atomic mass is 79.9. The molecule has 3 aromatic rings. The third-order valence-electron chi connectivity index (χ3n) is 3.92. The maximum absolute atomic E-state index is 12.8. The fourth-order valence-electron chi connectivity index (χ4n) is 2.64. The van der Waals surface area contributed by atoms with E-state index >= 15 is 0 Å². The van der Waals surface area contributed by atoms with Crippen molar-refractivity contribution in [2.24, 2.45) is 0 Å². The number of anilines is 1. The summed E-state index contributed by atoms with van der Waals surface area (Å²) in [6, 6.07) is 18.7. The Morgan fingerprint density at radius 1 is 1.07 bits per heavy atom. The maximum Gasteiger partial charge on any atom is 0.270 e. The van der Waals surface area contributed by atoms with Gasteiger partial charge in [-0.25, -0.2) is 0 Å². The van der Waals surface area contributed by atoms with E-state index in [4.69, 9.17) is 28.2 Å². The molecular weight excluding hydrogens is 466 g/mol. The normalized spacial score (nSPS) is 15.8. The molecule has 2 heterocycles. The molecule has 0 aliphatic carbocycles. The molecule has 0 unspecified atom stereocenters. The van der Waals surface area contributed by atoms with Gasteiger partial charge >= 0.3 is 0 Å². The van der Waals surface area contributed by atoms with Crippen LogP contribution in [0.2, 0.25) is 5.02 Å². The molecule has 0 bridgehead atoms.